The van der Waals surface area contributed by atoms with Crippen molar-refractivity contribution in [2.24, 2.45) is 0 Å². The second-order valence-corrected chi connectivity index (χ2v) is 26.1. The highest BCUT2D eigenvalue weighted by Crippen LogP contribution is 2.25. The van der Waals surface area contributed by atoms with Crippen molar-refractivity contribution >= 4 is 31.1 Å². The molecule has 4 aromatic rings. The Bertz CT molecular complexity index is 2560. The zero-order valence-corrected chi connectivity index (χ0v) is 58.4. The third-order valence-electron chi connectivity index (χ3n) is 15.3. The minimum Gasteiger partial charge on any atom is -0.508 e. The molecular formula is C72H122O14S3. The van der Waals surface area contributed by atoms with Gasteiger partial charge in [-0.25, -0.2) is 0 Å². The fraction of sp³-hybridized carbons (Fsp3) is 0.667. The van der Waals surface area contributed by atoms with E-state index in [0.717, 1.165) is 30.6 Å². The van der Waals surface area contributed by atoms with Gasteiger partial charge in [0, 0.05) is 0 Å². The maximum absolute atomic E-state index is 11.5. The lowest BCUT2D eigenvalue weighted by Gasteiger charge is -2.09. The number of phenolic OH excluding ortho intramolecular Hbond substituents is 2. The average Bonchev–Trinajstić information content (AvgIpc) is 3.59. The van der Waals surface area contributed by atoms with Crippen LogP contribution in [0.1, 0.15) is 293 Å². The molecule has 4 rings (SSSR count). The zero-order valence-electron chi connectivity index (χ0n) is 56.0. The van der Waals surface area contributed by atoms with Crippen LogP contribution in [0.2, 0.25) is 0 Å². The van der Waals surface area contributed by atoms with E-state index in [1.807, 2.05) is 37.3 Å². The van der Waals surface area contributed by atoms with Crippen LogP contribution in [-0.4, -0.2) is 67.6 Å². The Morgan fingerprint density at radius 3 is 0.933 bits per heavy atom. The lowest BCUT2D eigenvalue weighted by molar-refractivity contribution is 0.380. The number of aryl methyl sites for hydroxylation is 4. The Hall–Kier alpha value is -4.52. The number of rotatable bonds is 45. The van der Waals surface area contributed by atoms with E-state index in [9.17, 15) is 18.1 Å². The number of aromatic hydroxyl groups is 2. The summed E-state index contributed by atoms with van der Waals surface area (Å²) >= 11 is 0. The van der Waals surface area contributed by atoms with Gasteiger partial charge in [0.05, 0.1) is 19.1 Å². The summed E-state index contributed by atoms with van der Waals surface area (Å²) in [5.74, 6) is 2.33. The Morgan fingerprint density at radius 2 is 0.640 bits per heavy atom. The van der Waals surface area contributed by atoms with Gasteiger partial charge in [-0.3, -0.25) is 13.7 Å². The monoisotopic (exact) mass is 1310 g/mol. The highest BCUT2D eigenvalue weighted by molar-refractivity contribution is 7.85. The first-order valence-electron chi connectivity index (χ1n) is 34.0. The van der Waals surface area contributed by atoms with Gasteiger partial charge in [-0.15, -0.1) is 12.6 Å². The molecule has 0 aliphatic heterocycles. The lowest BCUT2D eigenvalue weighted by Crippen LogP contribution is -2.04. The van der Waals surface area contributed by atoms with Gasteiger partial charge in [0.1, 0.15) is 23.0 Å². The molecular weight excluding hydrogens is 1180 g/mol. The lowest BCUT2D eigenvalue weighted by atomic mass is 10.0. The summed E-state index contributed by atoms with van der Waals surface area (Å²) in [4.78, 5) is 0.00207. The van der Waals surface area contributed by atoms with Crippen molar-refractivity contribution in [3.05, 3.63) is 113 Å². The normalized spacial score (nSPS) is 10.8. The van der Waals surface area contributed by atoms with Crippen molar-refractivity contribution in [1.82, 2.24) is 0 Å². The first-order valence-corrected chi connectivity index (χ1v) is 37.8. The molecule has 0 radical (unpaired) electrons. The number of methoxy groups -OCH3 is 2. The summed E-state index contributed by atoms with van der Waals surface area (Å²) in [6, 6.07) is 28.0. The van der Waals surface area contributed by atoms with Crippen LogP contribution in [0, 0.1) is 6.92 Å². The quantitative estimate of drug-likeness (QED) is 0.0204. The van der Waals surface area contributed by atoms with Crippen LogP contribution in [-0.2, 0) is 50.4 Å². The van der Waals surface area contributed by atoms with E-state index in [2.05, 4.69) is 45.0 Å². The van der Waals surface area contributed by atoms with Gasteiger partial charge in [-0.1, -0.05) is 288 Å². The van der Waals surface area contributed by atoms with Crippen molar-refractivity contribution in [3.63, 3.8) is 0 Å². The molecule has 0 heterocycles. The molecule has 0 aliphatic rings. The van der Waals surface area contributed by atoms with E-state index >= 15 is 0 Å². The number of hydrogen-bond acceptors (Lipinski definition) is 11. The van der Waals surface area contributed by atoms with Crippen molar-refractivity contribution in [2.75, 3.05) is 14.2 Å². The predicted molar refractivity (Wildman–Crippen MR) is 369 cm³/mol. The van der Waals surface area contributed by atoms with E-state index in [1.165, 1.54) is 261 Å². The topological polar surface area (TPSA) is 239 Å². The van der Waals surface area contributed by atoms with Crippen LogP contribution < -0.4 is 9.47 Å². The number of phenols is 2. The largest absolute Gasteiger partial charge is 0.508 e. The maximum Gasteiger partial charge on any atom is 0.425 e. The SMILES string of the molecule is CCCCCCCCCCCCCCCc1cc(OC)ccc1S(=O)(=O)O.CCCCCCCCCCCCCCCc1cccc(O)c1.CCCCCCCCCCCCCCCc1cccc(OC)c1.Cc1cccc(O)c1.O=S(=O)(O)O.O=S(=O)=O. The van der Waals surface area contributed by atoms with E-state index < -0.39 is 31.1 Å². The molecule has 0 bridgehead atoms. The van der Waals surface area contributed by atoms with Gasteiger partial charge in [-0.2, -0.15) is 16.8 Å². The van der Waals surface area contributed by atoms with E-state index in [-0.39, 0.29) is 4.90 Å². The molecule has 17 heteroatoms. The summed E-state index contributed by atoms with van der Waals surface area (Å²) in [6.07, 6.45) is 56.2. The molecule has 512 valence electrons. The summed E-state index contributed by atoms with van der Waals surface area (Å²) < 4.78 is 99.7. The Kier molecular flexibility index (Phi) is 59.3. The van der Waals surface area contributed by atoms with Gasteiger partial charge >= 0.3 is 21.0 Å². The van der Waals surface area contributed by atoms with Crippen molar-refractivity contribution in [2.45, 2.75) is 302 Å². The summed E-state index contributed by atoms with van der Waals surface area (Å²) in [5, 5.41) is 18.2. The fourth-order valence-electron chi connectivity index (χ4n) is 10.3. The molecule has 0 saturated carbocycles. The molecule has 89 heavy (non-hydrogen) atoms. The van der Waals surface area contributed by atoms with Gasteiger partial charge in [-0.05, 0) is 122 Å². The van der Waals surface area contributed by atoms with Crippen LogP contribution in [0.15, 0.2) is 95.9 Å². The van der Waals surface area contributed by atoms with Crippen LogP contribution in [0.25, 0.3) is 0 Å². The zero-order chi connectivity index (χ0) is 66.5. The molecule has 0 unspecified atom stereocenters. The highest BCUT2D eigenvalue weighted by Gasteiger charge is 2.16. The molecule has 4 aromatic carbocycles. The first-order chi connectivity index (χ1) is 42.7. The fourth-order valence-corrected chi connectivity index (χ4v) is 11.1. The molecule has 14 nitrogen and oxygen atoms in total. The summed E-state index contributed by atoms with van der Waals surface area (Å²) in [7, 11) is -8.67. The van der Waals surface area contributed by atoms with Gasteiger partial charge in [0.2, 0.25) is 0 Å². The van der Waals surface area contributed by atoms with Gasteiger partial charge in [0.15, 0.2) is 0 Å². The third kappa shape index (κ3) is 63.4. The third-order valence-corrected chi connectivity index (χ3v) is 16.2. The van der Waals surface area contributed by atoms with Crippen LogP contribution in [0.4, 0.5) is 0 Å². The minimum absolute atomic E-state index is 0.00207. The standard InChI is InChI=1S/C22H38O4S.C22H38O.C21H36O.C7H8O.H2O4S.O3S/c1-3-4-5-6-7-8-9-10-11-12-13-14-15-16-20-19-21(26-2)17-18-22(20)27(23,24)25;1-3-4-5-6-7-8-9-10-11-12-13-14-15-17-21-18-16-19-22(20-21)23-2;1-2-3-4-5-6-7-8-9-10-11-12-13-14-16-20-17-15-18-21(22)19-20;1-6-3-2-4-7(8)5-6;1-5(2,3)4;1-4(2)3/h17-19H,3-16H2,1-2H3,(H,23,24,25);16,18-20H,3-15,17H2,1-2H3;15,17-19,22H,2-14,16H2,1H3;2-5,8H,1H3;(H2,1,2,3,4);. The Morgan fingerprint density at radius 1 is 0.360 bits per heavy atom. The maximum atomic E-state index is 11.5. The first kappa shape index (κ1) is 86.5. The van der Waals surface area contributed by atoms with E-state index in [0.29, 0.717) is 29.2 Å². The predicted octanol–water partition coefficient (Wildman–Crippen LogP) is 21.0. The molecule has 0 saturated heterocycles. The molecule has 5 N–H and O–H groups in total. The van der Waals surface area contributed by atoms with E-state index in [1.54, 1.807) is 44.6 Å². The molecule has 0 aromatic heterocycles. The number of ether oxygens (including phenoxy) is 2. The molecule has 0 amide bonds. The van der Waals surface area contributed by atoms with Gasteiger partial charge in [0.25, 0.3) is 10.1 Å². The van der Waals surface area contributed by atoms with Gasteiger partial charge < -0.3 is 19.7 Å². The summed E-state index contributed by atoms with van der Waals surface area (Å²) in [6.45, 7) is 8.77. The average molecular weight is 1310 g/mol. The smallest absolute Gasteiger partial charge is 0.425 e. The van der Waals surface area contributed by atoms with Crippen molar-refractivity contribution < 1.29 is 62.8 Å². The summed E-state index contributed by atoms with van der Waals surface area (Å²) in [5.41, 5.74) is 4.40. The molecule has 0 atom stereocenters. The molecule has 0 fully saturated rings. The number of benzene rings is 4. The van der Waals surface area contributed by atoms with Crippen LogP contribution in [0.3, 0.4) is 0 Å². The Labute approximate surface area is 543 Å². The molecule has 0 spiro atoms. The van der Waals surface area contributed by atoms with Crippen LogP contribution >= 0.6 is 0 Å². The highest BCUT2D eigenvalue weighted by atomic mass is 32.3. The van der Waals surface area contributed by atoms with E-state index in [4.69, 9.17) is 44.7 Å². The van der Waals surface area contributed by atoms with Crippen molar-refractivity contribution in [3.8, 4) is 23.0 Å². The molecule has 0 aliphatic carbocycles. The number of unbranched alkanes of at least 4 members (excludes halogenated alkanes) is 36. The number of hydrogen-bond donors (Lipinski definition) is 5. The van der Waals surface area contributed by atoms with Crippen LogP contribution in [0.5, 0.6) is 23.0 Å². The Balaban J connectivity index is 0. The second kappa shape index (κ2) is 61.0. The minimum atomic E-state index is -4.67. The second-order valence-electron chi connectivity index (χ2n) is 23.4. The van der Waals surface area contributed by atoms with Crippen molar-refractivity contribution in [1.29, 1.82) is 0 Å².